The lowest BCUT2D eigenvalue weighted by Crippen LogP contribution is -2.67. The summed E-state index contributed by atoms with van der Waals surface area (Å²) in [6.07, 6.45) is -0.353. The lowest BCUT2D eigenvalue weighted by atomic mass is 9.58. The van der Waals surface area contributed by atoms with Gasteiger partial charge in [-0.25, -0.2) is 0 Å². The third-order valence-corrected chi connectivity index (χ3v) is 5.59. The summed E-state index contributed by atoms with van der Waals surface area (Å²) in [7, 11) is 0. The number of rotatable bonds is 0. The number of benzene rings is 1. The lowest BCUT2D eigenvalue weighted by molar-refractivity contribution is -0.270. The Hall–Kier alpha value is -2.14. The number of ketones is 2. The molecule has 3 aliphatic rings. The fraction of sp³-hybridized carbons (Fsp3) is 0.474. The molecule has 2 aliphatic heterocycles. The summed E-state index contributed by atoms with van der Waals surface area (Å²) in [5.74, 6) is -1.68. The first-order chi connectivity index (χ1) is 11.1. The fourth-order valence-electron chi connectivity index (χ4n) is 4.22. The molecular formula is C19H20O5. The number of carbonyl (C=O) groups is 2. The second-order valence-electron chi connectivity index (χ2n) is 7.79. The maximum Gasteiger partial charge on any atom is 0.256 e. The van der Waals surface area contributed by atoms with Crippen molar-refractivity contribution >= 4 is 11.6 Å². The van der Waals surface area contributed by atoms with Crippen molar-refractivity contribution in [3.05, 3.63) is 41.2 Å². The van der Waals surface area contributed by atoms with Gasteiger partial charge >= 0.3 is 0 Å². The Bertz CT molecular complexity index is 817. The Morgan fingerprint density at radius 3 is 2.50 bits per heavy atom. The number of aliphatic hydroxyl groups excluding tert-OH is 1. The number of aliphatic hydroxyl groups is 1. The summed E-state index contributed by atoms with van der Waals surface area (Å²) < 4.78 is 12.3. The lowest BCUT2D eigenvalue weighted by Gasteiger charge is -2.56. The van der Waals surface area contributed by atoms with Crippen LogP contribution in [0.15, 0.2) is 35.6 Å². The van der Waals surface area contributed by atoms with E-state index in [1.807, 2.05) is 18.2 Å². The molecule has 2 bridgehead atoms. The zero-order chi connectivity index (χ0) is 17.5. The van der Waals surface area contributed by atoms with Crippen molar-refractivity contribution < 1.29 is 24.2 Å². The van der Waals surface area contributed by atoms with Crippen molar-refractivity contribution in [1.82, 2.24) is 0 Å². The first-order valence-electron chi connectivity index (χ1n) is 8.11. The minimum Gasteiger partial charge on any atom is -0.511 e. The van der Waals surface area contributed by atoms with Crippen LogP contribution in [-0.2, 0) is 14.3 Å². The first-order valence-corrected chi connectivity index (χ1v) is 8.11. The number of allylic oxidation sites excluding steroid dienone is 1. The van der Waals surface area contributed by atoms with Gasteiger partial charge in [0.25, 0.3) is 5.79 Å². The molecule has 1 aliphatic carbocycles. The van der Waals surface area contributed by atoms with Crippen LogP contribution in [0.25, 0.3) is 0 Å². The highest BCUT2D eigenvalue weighted by atomic mass is 16.7. The van der Waals surface area contributed by atoms with E-state index in [1.165, 1.54) is 0 Å². The molecular weight excluding hydrogens is 308 g/mol. The van der Waals surface area contributed by atoms with Crippen LogP contribution in [0.1, 0.15) is 45.8 Å². The molecule has 2 atom stereocenters. The number of ether oxygens (including phenoxy) is 2. The van der Waals surface area contributed by atoms with Crippen molar-refractivity contribution in [2.45, 2.75) is 46.0 Å². The van der Waals surface area contributed by atoms with E-state index in [-0.39, 0.29) is 29.3 Å². The van der Waals surface area contributed by atoms with Gasteiger partial charge < -0.3 is 14.6 Å². The first kappa shape index (κ1) is 15.4. The summed E-state index contributed by atoms with van der Waals surface area (Å²) in [4.78, 5) is 25.9. The Kier molecular flexibility index (Phi) is 2.74. The van der Waals surface area contributed by atoms with E-state index >= 15 is 0 Å². The SMILES string of the molecule is CC1(C)C(=O)C(C)(C)[C@]23Oc4ccccc4[C@H](CC(=O)C2=C1O)O3. The molecule has 5 nitrogen and oxygen atoms in total. The van der Waals surface area contributed by atoms with Crippen molar-refractivity contribution in [1.29, 1.82) is 0 Å². The van der Waals surface area contributed by atoms with Crippen LogP contribution in [0, 0.1) is 10.8 Å². The van der Waals surface area contributed by atoms with E-state index in [1.54, 1.807) is 33.8 Å². The molecule has 24 heavy (non-hydrogen) atoms. The molecule has 126 valence electrons. The fourth-order valence-corrected chi connectivity index (χ4v) is 4.22. The second-order valence-corrected chi connectivity index (χ2v) is 7.79. The summed E-state index contributed by atoms with van der Waals surface area (Å²) in [6, 6.07) is 7.36. The van der Waals surface area contributed by atoms with Gasteiger partial charge in [-0.3, -0.25) is 9.59 Å². The normalized spacial score (nSPS) is 32.8. The van der Waals surface area contributed by atoms with Gasteiger partial charge in [0.15, 0.2) is 11.6 Å². The van der Waals surface area contributed by atoms with Gasteiger partial charge in [-0.05, 0) is 33.8 Å². The molecule has 0 radical (unpaired) electrons. The van der Waals surface area contributed by atoms with Gasteiger partial charge in [0.2, 0.25) is 0 Å². The number of carbonyl (C=O) groups excluding carboxylic acids is 2. The smallest absolute Gasteiger partial charge is 0.256 e. The molecule has 4 rings (SSSR count). The van der Waals surface area contributed by atoms with Crippen molar-refractivity contribution in [2.75, 3.05) is 0 Å². The van der Waals surface area contributed by atoms with Crippen molar-refractivity contribution in [3.63, 3.8) is 0 Å². The molecule has 5 heteroatoms. The van der Waals surface area contributed by atoms with Crippen LogP contribution >= 0.6 is 0 Å². The summed E-state index contributed by atoms with van der Waals surface area (Å²) in [5, 5.41) is 10.7. The molecule has 0 aromatic heterocycles. The molecule has 1 aromatic rings. The van der Waals surface area contributed by atoms with E-state index < -0.39 is 22.7 Å². The van der Waals surface area contributed by atoms with Crippen LogP contribution in [0.2, 0.25) is 0 Å². The molecule has 1 aromatic carbocycles. The van der Waals surface area contributed by atoms with E-state index in [0.29, 0.717) is 5.75 Å². The molecule has 0 amide bonds. The third kappa shape index (κ3) is 1.53. The van der Waals surface area contributed by atoms with Crippen LogP contribution in [-0.4, -0.2) is 22.5 Å². The van der Waals surface area contributed by atoms with Gasteiger partial charge in [0.1, 0.15) is 17.1 Å². The van der Waals surface area contributed by atoms with Crippen LogP contribution in [0.4, 0.5) is 0 Å². The third-order valence-electron chi connectivity index (χ3n) is 5.59. The van der Waals surface area contributed by atoms with Crippen LogP contribution < -0.4 is 4.74 Å². The van der Waals surface area contributed by atoms with Crippen molar-refractivity contribution in [3.8, 4) is 5.75 Å². The van der Waals surface area contributed by atoms with E-state index in [2.05, 4.69) is 0 Å². The standard InChI is InChI=1S/C19H20O5/c1-17(2)15(21)14-11(20)9-13-10-7-5-6-8-12(10)23-19(14,24-13)18(3,4)16(17)22/h5-8,13,21H,9H2,1-4H3/t13-,19-/m0/s1. The summed E-state index contributed by atoms with van der Waals surface area (Å²) >= 11 is 0. The van der Waals surface area contributed by atoms with Gasteiger partial charge in [-0.2, -0.15) is 0 Å². The highest BCUT2D eigenvalue weighted by molar-refractivity contribution is 6.06. The number of para-hydroxylation sites is 1. The van der Waals surface area contributed by atoms with Gasteiger partial charge in [0, 0.05) is 12.0 Å². The minimum atomic E-state index is -1.59. The number of Topliss-reactive ketones (excluding diaryl/α,β-unsaturated/α-hetero) is 2. The summed E-state index contributed by atoms with van der Waals surface area (Å²) in [6.45, 7) is 6.69. The van der Waals surface area contributed by atoms with Crippen molar-refractivity contribution in [2.24, 2.45) is 10.8 Å². The van der Waals surface area contributed by atoms with Gasteiger partial charge in [-0.15, -0.1) is 0 Å². The largest absolute Gasteiger partial charge is 0.511 e. The molecule has 1 saturated heterocycles. The molecule has 1 spiro atoms. The number of hydrogen-bond acceptors (Lipinski definition) is 5. The quantitative estimate of drug-likeness (QED) is 0.791. The van der Waals surface area contributed by atoms with Crippen LogP contribution in [0.3, 0.4) is 0 Å². The van der Waals surface area contributed by atoms with Gasteiger partial charge in [-0.1, -0.05) is 18.2 Å². The zero-order valence-electron chi connectivity index (χ0n) is 14.2. The average Bonchev–Trinajstić information content (AvgIpc) is 2.52. The topological polar surface area (TPSA) is 72.8 Å². The predicted molar refractivity (Wildman–Crippen MR) is 85.5 cm³/mol. The molecule has 1 N–H and O–H groups in total. The Morgan fingerprint density at radius 1 is 1.12 bits per heavy atom. The molecule has 0 unspecified atom stereocenters. The maximum atomic E-state index is 13.1. The molecule has 0 saturated carbocycles. The number of fused-ring (bicyclic) bond motifs is 3. The average molecular weight is 328 g/mol. The minimum absolute atomic E-state index is 0.0860. The zero-order valence-corrected chi connectivity index (χ0v) is 14.2. The van der Waals surface area contributed by atoms with Gasteiger partial charge in [0.05, 0.1) is 16.9 Å². The second kappa shape index (κ2) is 4.28. The molecule has 1 fully saturated rings. The van der Waals surface area contributed by atoms with E-state index in [9.17, 15) is 14.7 Å². The van der Waals surface area contributed by atoms with E-state index in [0.717, 1.165) is 5.56 Å². The van der Waals surface area contributed by atoms with Crippen LogP contribution in [0.5, 0.6) is 5.75 Å². The van der Waals surface area contributed by atoms with E-state index in [4.69, 9.17) is 9.47 Å². The monoisotopic (exact) mass is 328 g/mol. The number of hydrogen-bond donors (Lipinski definition) is 1. The summed E-state index contributed by atoms with van der Waals surface area (Å²) in [5.41, 5.74) is -1.40. The molecule has 2 heterocycles. The highest BCUT2D eigenvalue weighted by Gasteiger charge is 2.70. The predicted octanol–water partition coefficient (Wildman–Crippen LogP) is 3.25. The Labute approximate surface area is 140 Å². The Balaban J connectivity index is 2.05. The maximum absolute atomic E-state index is 13.1. The highest BCUT2D eigenvalue weighted by Crippen LogP contribution is 2.60. The Morgan fingerprint density at radius 2 is 1.79 bits per heavy atom.